The standard InChI is InChI=1S/C17H24O4/c1-15(2,3)14-20-13(18)17(21-14,16(4,5)19)11-12-9-7-6-8-10-12/h6-10,14,19H,11H2,1-5H3. The summed E-state index contributed by atoms with van der Waals surface area (Å²) in [5, 5.41) is 10.6. The van der Waals surface area contributed by atoms with Crippen LogP contribution in [0.2, 0.25) is 0 Å². The van der Waals surface area contributed by atoms with Gasteiger partial charge in [-0.3, -0.25) is 0 Å². The van der Waals surface area contributed by atoms with Gasteiger partial charge < -0.3 is 14.6 Å². The third kappa shape index (κ3) is 2.97. The van der Waals surface area contributed by atoms with Gasteiger partial charge in [0.25, 0.3) is 0 Å². The van der Waals surface area contributed by atoms with E-state index in [1.165, 1.54) is 0 Å². The minimum atomic E-state index is -1.38. The Balaban J connectivity index is 2.38. The van der Waals surface area contributed by atoms with Crippen LogP contribution in [0.25, 0.3) is 0 Å². The molecule has 1 aromatic rings. The Morgan fingerprint density at radius 1 is 1.14 bits per heavy atom. The second-order valence-electron chi connectivity index (χ2n) is 7.27. The molecule has 0 aromatic heterocycles. The Bertz CT molecular complexity index is 510. The van der Waals surface area contributed by atoms with E-state index in [2.05, 4.69) is 0 Å². The van der Waals surface area contributed by atoms with Gasteiger partial charge >= 0.3 is 5.97 Å². The molecule has 2 atom stereocenters. The van der Waals surface area contributed by atoms with Crippen LogP contribution in [0.3, 0.4) is 0 Å². The topological polar surface area (TPSA) is 55.8 Å². The summed E-state index contributed by atoms with van der Waals surface area (Å²) in [7, 11) is 0. The van der Waals surface area contributed by atoms with Crippen molar-refractivity contribution in [1.82, 2.24) is 0 Å². The number of benzene rings is 1. The zero-order valence-corrected chi connectivity index (χ0v) is 13.3. The molecule has 1 heterocycles. The molecule has 2 rings (SSSR count). The molecule has 4 heteroatoms. The van der Waals surface area contributed by atoms with Crippen molar-refractivity contribution in [2.24, 2.45) is 5.41 Å². The van der Waals surface area contributed by atoms with E-state index in [0.717, 1.165) is 5.56 Å². The highest BCUT2D eigenvalue weighted by molar-refractivity contribution is 5.83. The quantitative estimate of drug-likeness (QED) is 0.870. The van der Waals surface area contributed by atoms with Crippen molar-refractivity contribution in [1.29, 1.82) is 0 Å². The van der Waals surface area contributed by atoms with Gasteiger partial charge in [-0.1, -0.05) is 51.1 Å². The Labute approximate surface area is 126 Å². The van der Waals surface area contributed by atoms with Crippen LogP contribution < -0.4 is 0 Å². The van der Waals surface area contributed by atoms with Crippen molar-refractivity contribution in [2.75, 3.05) is 0 Å². The third-order valence-electron chi connectivity index (χ3n) is 3.84. The summed E-state index contributed by atoms with van der Waals surface area (Å²) in [6, 6.07) is 9.53. The lowest BCUT2D eigenvalue weighted by molar-refractivity contribution is -0.193. The van der Waals surface area contributed by atoms with E-state index < -0.39 is 23.5 Å². The Morgan fingerprint density at radius 3 is 2.14 bits per heavy atom. The van der Waals surface area contributed by atoms with Gasteiger partial charge in [-0.25, -0.2) is 4.79 Å². The predicted molar refractivity (Wildman–Crippen MR) is 79.6 cm³/mol. The van der Waals surface area contributed by atoms with Crippen LogP contribution in [-0.2, 0) is 20.7 Å². The van der Waals surface area contributed by atoms with Gasteiger partial charge in [0.15, 0.2) is 0 Å². The van der Waals surface area contributed by atoms with E-state index in [0.29, 0.717) is 0 Å². The van der Waals surface area contributed by atoms with Crippen molar-refractivity contribution in [2.45, 2.75) is 58.5 Å². The molecule has 0 amide bonds. The van der Waals surface area contributed by atoms with Gasteiger partial charge in [-0.15, -0.1) is 0 Å². The molecule has 1 aliphatic rings. The van der Waals surface area contributed by atoms with E-state index in [9.17, 15) is 9.90 Å². The monoisotopic (exact) mass is 292 g/mol. The fraction of sp³-hybridized carbons (Fsp3) is 0.588. The molecule has 116 valence electrons. The first kappa shape index (κ1) is 16.0. The fourth-order valence-electron chi connectivity index (χ4n) is 2.41. The first-order valence-electron chi connectivity index (χ1n) is 7.21. The maximum Gasteiger partial charge on any atom is 0.344 e. The smallest absolute Gasteiger partial charge is 0.344 e. The minimum Gasteiger partial charge on any atom is -0.433 e. The summed E-state index contributed by atoms with van der Waals surface area (Å²) in [4.78, 5) is 12.5. The molecule has 0 aliphatic carbocycles. The van der Waals surface area contributed by atoms with E-state index >= 15 is 0 Å². The highest BCUT2D eigenvalue weighted by Gasteiger charge is 2.61. The molecule has 4 nitrogen and oxygen atoms in total. The van der Waals surface area contributed by atoms with Crippen LogP contribution in [0, 0.1) is 5.41 Å². The maximum absolute atomic E-state index is 12.5. The molecular weight excluding hydrogens is 268 g/mol. The zero-order valence-electron chi connectivity index (χ0n) is 13.3. The molecule has 21 heavy (non-hydrogen) atoms. The first-order chi connectivity index (χ1) is 9.56. The van der Waals surface area contributed by atoms with Crippen LogP contribution >= 0.6 is 0 Å². The van der Waals surface area contributed by atoms with Crippen LogP contribution in [0.4, 0.5) is 0 Å². The molecule has 1 N–H and O–H groups in total. The SMILES string of the molecule is CC(C)(C)C1OC(=O)C(Cc2ccccc2)(C(C)(C)O)O1. The van der Waals surface area contributed by atoms with E-state index in [1.807, 2.05) is 51.1 Å². The van der Waals surface area contributed by atoms with Crippen LogP contribution in [0.1, 0.15) is 40.2 Å². The van der Waals surface area contributed by atoms with Gasteiger partial charge in [0.1, 0.15) is 0 Å². The predicted octanol–water partition coefficient (Wildman–Crippen LogP) is 2.68. The third-order valence-corrected chi connectivity index (χ3v) is 3.84. The molecule has 1 aromatic carbocycles. The molecule has 1 aliphatic heterocycles. The zero-order chi connectivity index (χ0) is 15.9. The van der Waals surface area contributed by atoms with Gasteiger partial charge in [0, 0.05) is 11.8 Å². The van der Waals surface area contributed by atoms with Crippen LogP contribution in [-0.4, -0.2) is 28.6 Å². The number of ether oxygens (including phenoxy) is 2. The number of aliphatic hydroxyl groups is 1. The van der Waals surface area contributed by atoms with Gasteiger partial charge in [-0.2, -0.15) is 0 Å². The van der Waals surface area contributed by atoms with Gasteiger partial charge in [0.2, 0.25) is 11.9 Å². The number of hydrogen-bond acceptors (Lipinski definition) is 4. The lowest BCUT2D eigenvalue weighted by Crippen LogP contribution is -2.56. The summed E-state index contributed by atoms with van der Waals surface area (Å²) < 4.78 is 11.4. The van der Waals surface area contributed by atoms with Crippen molar-refractivity contribution >= 4 is 5.97 Å². The molecule has 2 unspecified atom stereocenters. The molecule has 1 fully saturated rings. The maximum atomic E-state index is 12.5. The first-order valence-corrected chi connectivity index (χ1v) is 7.21. The van der Waals surface area contributed by atoms with Crippen molar-refractivity contribution in [3.8, 4) is 0 Å². The summed E-state index contributed by atoms with van der Waals surface area (Å²) in [5.74, 6) is -0.501. The fourth-order valence-corrected chi connectivity index (χ4v) is 2.41. The van der Waals surface area contributed by atoms with E-state index in [1.54, 1.807) is 13.8 Å². The second kappa shape index (κ2) is 5.11. The van der Waals surface area contributed by atoms with Crippen LogP contribution in [0.15, 0.2) is 30.3 Å². The summed E-state index contributed by atoms with van der Waals surface area (Å²) in [6.45, 7) is 8.99. The molecule has 0 bridgehead atoms. The van der Waals surface area contributed by atoms with Crippen molar-refractivity contribution in [3.05, 3.63) is 35.9 Å². The number of carbonyl (C=O) groups is 1. The van der Waals surface area contributed by atoms with Crippen molar-refractivity contribution < 1.29 is 19.4 Å². The van der Waals surface area contributed by atoms with Gasteiger partial charge in [-0.05, 0) is 19.4 Å². The molecular formula is C17H24O4. The second-order valence-corrected chi connectivity index (χ2v) is 7.27. The lowest BCUT2D eigenvalue weighted by atomic mass is 9.80. The Kier molecular flexibility index (Phi) is 3.89. The summed E-state index contributed by atoms with van der Waals surface area (Å²) in [6.07, 6.45) is -0.386. The lowest BCUT2D eigenvalue weighted by Gasteiger charge is -2.37. The molecule has 0 radical (unpaired) electrons. The average Bonchev–Trinajstić information content (AvgIpc) is 2.69. The van der Waals surface area contributed by atoms with E-state index in [-0.39, 0.29) is 11.8 Å². The highest BCUT2D eigenvalue weighted by Crippen LogP contribution is 2.42. The summed E-state index contributed by atoms with van der Waals surface area (Å²) in [5.41, 5.74) is -2.16. The Morgan fingerprint density at radius 2 is 1.71 bits per heavy atom. The highest BCUT2D eigenvalue weighted by atomic mass is 16.8. The number of carbonyl (C=O) groups excluding carboxylic acids is 1. The minimum absolute atomic E-state index is 0.281. The number of hydrogen-bond donors (Lipinski definition) is 1. The number of rotatable bonds is 3. The Hall–Kier alpha value is -1.39. The van der Waals surface area contributed by atoms with E-state index in [4.69, 9.17) is 9.47 Å². The number of esters is 1. The van der Waals surface area contributed by atoms with Crippen LogP contribution in [0.5, 0.6) is 0 Å². The summed E-state index contributed by atoms with van der Waals surface area (Å²) >= 11 is 0. The largest absolute Gasteiger partial charge is 0.433 e. The molecule has 1 saturated heterocycles. The normalized spacial score (nSPS) is 26.8. The molecule has 0 saturated carbocycles. The number of cyclic esters (lactones) is 1. The van der Waals surface area contributed by atoms with Crippen molar-refractivity contribution in [3.63, 3.8) is 0 Å². The molecule has 0 spiro atoms. The van der Waals surface area contributed by atoms with Gasteiger partial charge in [0.05, 0.1) is 5.60 Å². The average molecular weight is 292 g/mol.